The van der Waals surface area contributed by atoms with Crippen molar-refractivity contribution in [2.24, 2.45) is 5.14 Å². The molecular weight excluding hydrogens is 484 g/mol. The van der Waals surface area contributed by atoms with E-state index in [0.29, 0.717) is 32.4 Å². The van der Waals surface area contributed by atoms with Crippen molar-refractivity contribution in [3.05, 3.63) is 71.1 Å². The van der Waals surface area contributed by atoms with Crippen LogP contribution in [0.3, 0.4) is 0 Å². The molecule has 0 saturated carbocycles. The Hall–Kier alpha value is -3.19. The van der Waals surface area contributed by atoms with E-state index < -0.39 is 15.9 Å². The van der Waals surface area contributed by atoms with E-state index in [4.69, 9.17) is 9.56 Å². The predicted octanol–water partition coefficient (Wildman–Crippen LogP) is 3.28. The Labute approximate surface area is 197 Å². The predicted molar refractivity (Wildman–Crippen MR) is 129 cm³/mol. The van der Waals surface area contributed by atoms with Crippen LogP contribution in [0.25, 0.3) is 21.5 Å². The third-order valence-corrected chi connectivity index (χ3v) is 7.30. The fraction of sp³-hybridized carbons (Fsp3) is 0.0952. The first kappa shape index (κ1) is 23.0. The Morgan fingerprint density at radius 1 is 1.33 bits per heavy atom. The molecule has 0 aliphatic heterocycles. The molecule has 3 N–H and O–H groups in total. The van der Waals surface area contributed by atoms with Crippen molar-refractivity contribution in [3.63, 3.8) is 0 Å². The number of nitrogens with zero attached hydrogens (tertiary/aromatic N) is 2. The molecule has 0 spiro atoms. The molecule has 0 fully saturated rings. The maximum Gasteiger partial charge on any atom is 0.263 e. The van der Waals surface area contributed by atoms with Gasteiger partial charge in [0.05, 0.1) is 22.3 Å². The molecule has 4 aromatic rings. The highest BCUT2D eigenvalue weighted by molar-refractivity contribution is 7.99. The molecule has 0 aliphatic rings. The lowest BCUT2D eigenvalue weighted by Gasteiger charge is -2.11. The summed E-state index contributed by atoms with van der Waals surface area (Å²) in [7, 11) is -3.89. The van der Waals surface area contributed by atoms with Gasteiger partial charge < -0.3 is 9.73 Å². The van der Waals surface area contributed by atoms with Crippen molar-refractivity contribution in [1.29, 1.82) is 0 Å². The summed E-state index contributed by atoms with van der Waals surface area (Å²) in [6.07, 6.45) is 3.12. The number of rotatable bonds is 8. The minimum Gasteiger partial charge on any atom is -0.464 e. The van der Waals surface area contributed by atoms with Crippen molar-refractivity contribution in [1.82, 2.24) is 9.55 Å². The molecule has 0 atom stereocenters. The van der Waals surface area contributed by atoms with E-state index >= 15 is 0 Å². The van der Waals surface area contributed by atoms with Gasteiger partial charge in [-0.1, -0.05) is 23.9 Å². The fourth-order valence-electron chi connectivity index (χ4n) is 3.10. The van der Waals surface area contributed by atoms with Crippen LogP contribution in [0.2, 0.25) is 0 Å². The van der Waals surface area contributed by atoms with Gasteiger partial charge in [0.2, 0.25) is 15.9 Å². The number of anilines is 1. The molecule has 9 nitrogen and oxygen atoms in total. The number of fused-ring (bicyclic) bond motifs is 1. The molecule has 0 aliphatic carbocycles. The summed E-state index contributed by atoms with van der Waals surface area (Å²) in [5, 5.41) is 10.4. The highest BCUT2D eigenvalue weighted by Gasteiger charge is 2.19. The van der Waals surface area contributed by atoms with Gasteiger partial charge in [-0.15, -0.1) is 17.9 Å². The molecule has 1 aromatic carbocycles. The van der Waals surface area contributed by atoms with Gasteiger partial charge in [0.25, 0.3) is 5.56 Å². The SMILES string of the molecule is C=CCn1c(SCC(=O)Nc2cccc(S(N)(=O)=O)c2)nc2scc(-c3ccco3)c2c1=O. The maximum atomic E-state index is 13.2. The molecule has 0 unspecified atom stereocenters. The van der Waals surface area contributed by atoms with Gasteiger partial charge in [-0.3, -0.25) is 14.2 Å². The topological polar surface area (TPSA) is 137 Å². The van der Waals surface area contributed by atoms with Gasteiger partial charge in [0.15, 0.2) is 5.16 Å². The van der Waals surface area contributed by atoms with E-state index in [2.05, 4.69) is 16.9 Å². The van der Waals surface area contributed by atoms with Crippen LogP contribution < -0.4 is 16.0 Å². The third-order valence-electron chi connectivity index (χ3n) is 4.54. The van der Waals surface area contributed by atoms with Gasteiger partial charge in [-0.25, -0.2) is 18.5 Å². The van der Waals surface area contributed by atoms with Gasteiger partial charge in [-0.05, 0) is 30.3 Å². The summed E-state index contributed by atoms with van der Waals surface area (Å²) in [6, 6.07) is 9.17. The molecule has 12 heteroatoms. The first-order chi connectivity index (χ1) is 15.8. The van der Waals surface area contributed by atoms with Gasteiger partial charge in [0.1, 0.15) is 10.6 Å². The average Bonchev–Trinajstić information content (AvgIpc) is 3.44. The number of carbonyl (C=O) groups excluding carboxylic acids is 1. The van der Waals surface area contributed by atoms with E-state index in [1.54, 1.807) is 24.3 Å². The lowest BCUT2D eigenvalue weighted by atomic mass is 10.2. The van der Waals surface area contributed by atoms with Crippen LogP contribution in [-0.2, 0) is 21.4 Å². The minimum absolute atomic E-state index is 0.0505. The number of carbonyl (C=O) groups is 1. The van der Waals surface area contributed by atoms with Crippen LogP contribution in [0, 0.1) is 0 Å². The number of nitrogens with two attached hydrogens (primary N) is 1. The second kappa shape index (κ2) is 9.35. The second-order valence-corrected chi connectivity index (χ2v) is 10.2. The highest BCUT2D eigenvalue weighted by Crippen LogP contribution is 2.32. The Morgan fingerprint density at radius 2 is 2.15 bits per heavy atom. The van der Waals surface area contributed by atoms with Crippen LogP contribution in [0.15, 0.2) is 80.0 Å². The first-order valence-electron chi connectivity index (χ1n) is 9.50. The van der Waals surface area contributed by atoms with E-state index in [9.17, 15) is 18.0 Å². The number of nitrogens with one attached hydrogen (secondary N) is 1. The van der Waals surface area contributed by atoms with Gasteiger partial charge in [-0.2, -0.15) is 0 Å². The number of benzene rings is 1. The molecule has 3 heterocycles. The zero-order chi connectivity index (χ0) is 23.6. The number of sulfonamides is 1. The Morgan fingerprint density at radius 3 is 2.85 bits per heavy atom. The maximum absolute atomic E-state index is 13.2. The van der Waals surface area contributed by atoms with Crippen molar-refractivity contribution >= 4 is 54.9 Å². The number of amides is 1. The minimum atomic E-state index is -3.89. The number of furan rings is 1. The number of thiophene rings is 1. The Balaban J connectivity index is 1.58. The number of aromatic nitrogens is 2. The van der Waals surface area contributed by atoms with Crippen LogP contribution in [0.1, 0.15) is 0 Å². The zero-order valence-electron chi connectivity index (χ0n) is 17.1. The van der Waals surface area contributed by atoms with Crippen LogP contribution >= 0.6 is 23.1 Å². The summed E-state index contributed by atoms with van der Waals surface area (Å²) in [5.74, 6) is 0.130. The lowest BCUT2D eigenvalue weighted by Crippen LogP contribution is -2.23. The quantitative estimate of drug-likeness (QED) is 0.214. The summed E-state index contributed by atoms with van der Waals surface area (Å²) < 4.78 is 29.9. The number of hydrogen-bond donors (Lipinski definition) is 2. The zero-order valence-corrected chi connectivity index (χ0v) is 19.5. The van der Waals surface area contributed by atoms with Crippen molar-refractivity contribution in [2.45, 2.75) is 16.6 Å². The van der Waals surface area contributed by atoms with Crippen LogP contribution in [0.4, 0.5) is 5.69 Å². The number of thioether (sulfide) groups is 1. The lowest BCUT2D eigenvalue weighted by molar-refractivity contribution is -0.113. The van der Waals surface area contributed by atoms with Crippen LogP contribution in [-0.4, -0.2) is 29.6 Å². The molecule has 0 radical (unpaired) electrons. The average molecular weight is 503 g/mol. The van der Waals surface area contributed by atoms with E-state index in [0.717, 1.165) is 11.8 Å². The molecule has 33 heavy (non-hydrogen) atoms. The number of primary sulfonamides is 1. The van der Waals surface area contributed by atoms with E-state index in [-0.39, 0.29) is 22.8 Å². The summed E-state index contributed by atoms with van der Waals surface area (Å²) in [6.45, 7) is 3.92. The third kappa shape index (κ3) is 4.93. The van der Waals surface area contributed by atoms with Crippen molar-refractivity contribution in [3.8, 4) is 11.3 Å². The molecule has 1 amide bonds. The molecule has 4 rings (SSSR count). The summed E-state index contributed by atoms with van der Waals surface area (Å²) in [4.78, 5) is 30.7. The largest absolute Gasteiger partial charge is 0.464 e. The number of allylic oxidation sites excluding steroid dienone is 1. The van der Waals surface area contributed by atoms with Crippen molar-refractivity contribution < 1.29 is 17.6 Å². The molecule has 170 valence electrons. The highest BCUT2D eigenvalue weighted by atomic mass is 32.2. The molecule has 0 bridgehead atoms. The van der Waals surface area contributed by atoms with Crippen LogP contribution in [0.5, 0.6) is 0 Å². The summed E-state index contributed by atoms with van der Waals surface area (Å²) >= 11 is 2.41. The molecule has 3 aromatic heterocycles. The normalized spacial score (nSPS) is 11.5. The fourth-order valence-corrected chi connectivity index (χ4v) is 5.43. The molecule has 0 saturated heterocycles. The van der Waals surface area contributed by atoms with Gasteiger partial charge >= 0.3 is 0 Å². The Kier molecular flexibility index (Phi) is 6.51. The number of hydrogen-bond acceptors (Lipinski definition) is 8. The van der Waals surface area contributed by atoms with Crippen molar-refractivity contribution in [2.75, 3.05) is 11.1 Å². The molecular formula is C21H18N4O5S3. The van der Waals surface area contributed by atoms with Gasteiger partial charge in [0, 0.05) is 23.2 Å². The standard InChI is InChI=1S/C21H18N4O5S3/c1-2-8-25-20(27)18-15(16-7-4-9-30-16)11-31-19(18)24-21(25)32-12-17(26)23-13-5-3-6-14(10-13)33(22,28)29/h2-7,9-11H,1,8,12H2,(H,23,26)(H2,22,28,29). The summed E-state index contributed by atoms with van der Waals surface area (Å²) in [5.41, 5.74) is 0.705. The second-order valence-electron chi connectivity index (χ2n) is 6.82. The van der Waals surface area contributed by atoms with E-state index in [1.165, 1.54) is 40.4 Å². The van der Waals surface area contributed by atoms with E-state index in [1.807, 2.05) is 5.38 Å². The Bertz CT molecular complexity index is 1500. The monoisotopic (exact) mass is 502 g/mol. The first-order valence-corrected chi connectivity index (χ1v) is 12.9. The smallest absolute Gasteiger partial charge is 0.263 e.